The molecule has 1 N–H and O–H groups in total. The molecule has 2 amide bonds. The molecule has 188 valence electrons. The Morgan fingerprint density at radius 1 is 0.972 bits per heavy atom. The van der Waals surface area contributed by atoms with Crippen molar-refractivity contribution in [3.63, 3.8) is 0 Å². The Labute approximate surface area is 207 Å². The van der Waals surface area contributed by atoms with E-state index in [1.54, 1.807) is 43.5 Å². The van der Waals surface area contributed by atoms with Crippen LogP contribution in [0.15, 0.2) is 65.8 Å². The van der Waals surface area contributed by atoms with Crippen molar-refractivity contribution in [3.05, 3.63) is 82.9 Å². The summed E-state index contributed by atoms with van der Waals surface area (Å²) in [6.45, 7) is 1.89. The molecule has 6 nitrogen and oxygen atoms in total. The van der Waals surface area contributed by atoms with Gasteiger partial charge in [0.25, 0.3) is 0 Å². The van der Waals surface area contributed by atoms with Crippen molar-refractivity contribution in [2.24, 2.45) is 5.10 Å². The number of carbonyl (C=O) groups is 1. The van der Waals surface area contributed by atoms with E-state index in [2.05, 4.69) is 5.32 Å². The van der Waals surface area contributed by atoms with Crippen LogP contribution in [-0.2, 0) is 12.6 Å². The number of hydrogen-bond donors (Lipinski definition) is 1. The molecule has 0 saturated heterocycles. The average molecular weight is 498 g/mol. The van der Waals surface area contributed by atoms with Gasteiger partial charge in [0.15, 0.2) is 11.5 Å². The molecule has 36 heavy (non-hydrogen) atoms. The molecule has 0 bridgehead atoms. The molecule has 0 spiro atoms. The lowest BCUT2D eigenvalue weighted by Crippen LogP contribution is -2.41. The fourth-order valence-electron chi connectivity index (χ4n) is 4.34. The van der Waals surface area contributed by atoms with Crippen molar-refractivity contribution in [2.75, 3.05) is 21.3 Å². The van der Waals surface area contributed by atoms with E-state index in [-0.39, 0.29) is 17.6 Å². The highest BCUT2D eigenvalue weighted by Gasteiger charge is 2.33. The van der Waals surface area contributed by atoms with Crippen LogP contribution >= 0.6 is 0 Å². The molecule has 1 heterocycles. The summed E-state index contributed by atoms with van der Waals surface area (Å²) in [4.78, 5) is 12.6. The quantitative estimate of drug-likeness (QED) is 0.501. The first-order chi connectivity index (χ1) is 17.2. The number of urea groups is 1. The van der Waals surface area contributed by atoms with E-state index in [1.807, 2.05) is 13.0 Å². The molecular weight excluding hydrogens is 471 g/mol. The summed E-state index contributed by atoms with van der Waals surface area (Å²) in [5.74, 6) is 1.05. The van der Waals surface area contributed by atoms with Gasteiger partial charge in [0.1, 0.15) is 0 Å². The van der Waals surface area contributed by atoms with Crippen LogP contribution in [-0.4, -0.2) is 44.1 Å². The molecule has 0 fully saturated rings. The number of benzene rings is 3. The number of ether oxygens (including phenoxy) is 2. The number of hydrogen-bond acceptors (Lipinski definition) is 4. The summed E-state index contributed by atoms with van der Waals surface area (Å²) in [6, 6.07) is 15.2. The van der Waals surface area contributed by atoms with E-state index >= 15 is 0 Å². The second-order valence-corrected chi connectivity index (χ2v) is 8.39. The van der Waals surface area contributed by atoms with E-state index in [4.69, 9.17) is 14.6 Å². The molecule has 1 atom stereocenters. The van der Waals surface area contributed by atoms with Crippen molar-refractivity contribution in [1.82, 2.24) is 10.3 Å². The summed E-state index contributed by atoms with van der Waals surface area (Å²) in [5, 5.41) is 8.68. The third-order valence-corrected chi connectivity index (χ3v) is 6.13. The summed E-state index contributed by atoms with van der Waals surface area (Å²) >= 11 is 0. The lowest BCUT2D eigenvalue weighted by Gasteiger charge is -2.22. The number of nitrogens with zero attached hydrogens (tertiary/aromatic N) is 2. The van der Waals surface area contributed by atoms with Crippen molar-refractivity contribution >= 4 is 11.7 Å². The lowest BCUT2D eigenvalue weighted by atomic mass is 9.92. The number of carbonyl (C=O) groups excluding carboxylic acids is 1. The number of methoxy groups -OCH3 is 2. The summed E-state index contributed by atoms with van der Waals surface area (Å²) < 4.78 is 51.6. The van der Waals surface area contributed by atoms with Crippen LogP contribution in [0.25, 0.3) is 11.1 Å². The monoisotopic (exact) mass is 497 g/mol. The summed E-state index contributed by atoms with van der Waals surface area (Å²) in [5.41, 5.74) is 2.59. The number of amides is 2. The van der Waals surface area contributed by atoms with Crippen LogP contribution in [0, 0.1) is 0 Å². The maximum Gasteiger partial charge on any atom is 0.417 e. The fraction of sp³-hybridized carbons (Fsp3) is 0.259. The van der Waals surface area contributed by atoms with Gasteiger partial charge in [-0.25, -0.2) is 9.80 Å². The molecule has 0 aliphatic carbocycles. The number of nitrogens with one attached hydrogen (secondary N) is 1. The van der Waals surface area contributed by atoms with Crippen molar-refractivity contribution in [3.8, 4) is 22.6 Å². The minimum atomic E-state index is -4.47. The van der Waals surface area contributed by atoms with Crippen LogP contribution in [0.1, 0.15) is 29.2 Å². The van der Waals surface area contributed by atoms with Gasteiger partial charge in [0.05, 0.1) is 31.5 Å². The zero-order valence-corrected chi connectivity index (χ0v) is 20.3. The average Bonchev–Trinajstić information content (AvgIpc) is 3.02. The maximum atomic E-state index is 13.6. The maximum absolute atomic E-state index is 13.6. The van der Waals surface area contributed by atoms with Crippen molar-refractivity contribution in [2.45, 2.75) is 25.6 Å². The number of rotatable bonds is 4. The normalized spacial score (nSPS) is 15.5. The molecule has 0 saturated carbocycles. The van der Waals surface area contributed by atoms with E-state index in [9.17, 15) is 18.0 Å². The molecule has 0 radical (unpaired) electrons. The third-order valence-electron chi connectivity index (χ3n) is 6.13. The molecule has 1 unspecified atom stereocenters. The van der Waals surface area contributed by atoms with Gasteiger partial charge in [-0.1, -0.05) is 42.5 Å². The minimum Gasteiger partial charge on any atom is -0.493 e. The van der Waals surface area contributed by atoms with Crippen molar-refractivity contribution in [1.29, 1.82) is 0 Å². The van der Waals surface area contributed by atoms with Gasteiger partial charge in [-0.2, -0.15) is 18.3 Å². The smallest absolute Gasteiger partial charge is 0.417 e. The number of alkyl halides is 3. The SMILES string of the molecule is CNC(=O)N1N=C(c2ccc(-c3ccccc3C(F)(F)F)cc2)c2cc(OC)c(OC)cc2CC1C. The number of hydrazone groups is 1. The Kier molecular flexibility index (Phi) is 6.92. The van der Waals surface area contributed by atoms with Gasteiger partial charge in [0, 0.05) is 18.2 Å². The molecular formula is C27H26F3N3O3. The van der Waals surface area contributed by atoms with Gasteiger partial charge in [-0.3, -0.25) is 0 Å². The first-order valence-electron chi connectivity index (χ1n) is 11.3. The number of fused-ring (bicyclic) bond motifs is 1. The molecule has 1 aliphatic heterocycles. The molecule has 3 aromatic rings. The fourth-order valence-corrected chi connectivity index (χ4v) is 4.34. The Morgan fingerprint density at radius 3 is 2.19 bits per heavy atom. The van der Waals surface area contributed by atoms with Crippen LogP contribution < -0.4 is 14.8 Å². The molecule has 9 heteroatoms. The molecule has 0 aromatic heterocycles. The second-order valence-electron chi connectivity index (χ2n) is 8.39. The van der Waals surface area contributed by atoms with Gasteiger partial charge >= 0.3 is 12.2 Å². The van der Waals surface area contributed by atoms with Crippen LogP contribution in [0.3, 0.4) is 0 Å². The van der Waals surface area contributed by atoms with E-state index < -0.39 is 11.7 Å². The van der Waals surface area contributed by atoms with Gasteiger partial charge in [-0.05, 0) is 48.2 Å². The topological polar surface area (TPSA) is 63.2 Å². The predicted molar refractivity (Wildman–Crippen MR) is 132 cm³/mol. The van der Waals surface area contributed by atoms with E-state index in [0.717, 1.165) is 17.2 Å². The van der Waals surface area contributed by atoms with Crippen LogP contribution in [0.4, 0.5) is 18.0 Å². The Bertz CT molecular complexity index is 1300. The molecule has 1 aliphatic rings. The van der Waals surface area contributed by atoms with E-state index in [1.165, 1.54) is 31.3 Å². The van der Waals surface area contributed by atoms with Crippen LogP contribution in [0.2, 0.25) is 0 Å². The first-order valence-corrected chi connectivity index (χ1v) is 11.3. The van der Waals surface area contributed by atoms with Crippen LogP contribution in [0.5, 0.6) is 11.5 Å². The Hall–Kier alpha value is -4.01. The zero-order valence-electron chi connectivity index (χ0n) is 20.3. The second kappa shape index (κ2) is 9.93. The molecule has 4 rings (SSSR count). The predicted octanol–water partition coefficient (Wildman–Crippen LogP) is 5.73. The molecule has 3 aromatic carbocycles. The zero-order chi connectivity index (χ0) is 26.0. The number of halogens is 3. The Balaban J connectivity index is 1.86. The first kappa shape index (κ1) is 25.1. The summed E-state index contributed by atoms with van der Waals surface area (Å²) in [7, 11) is 4.61. The Morgan fingerprint density at radius 2 is 1.58 bits per heavy atom. The highest BCUT2D eigenvalue weighted by atomic mass is 19.4. The van der Waals surface area contributed by atoms with Gasteiger partial charge in [0.2, 0.25) is 0 Å². The standard InChI is InChI=1S/C27H26F3N3O3/c1-16-13-19-14-23(35-3)24(36-4)15-21(19)25(32-33(16)26(34)31-2)18-11-9-17(10-12-18)20-7-5-6-8-22(20)27(28,29)30/h5-12,14-16H,13H2,1-4H3,(H,31,34). The largest absolute Gasteiger partial charge is 0.493 e. The van der Waals surface area contributed by atoms with Crippen molar-refractivity contribution < 1.29 is 27.4 Å². The lowest BCUT2D eigenvalue weighted by molar-refractivity contribution is -0.137. The highest BCUT2D eigenvalue weighted by Crippen LogP contribution is 2.38. The summed E-state index contributed by atoms with van der Waals surface area (Å²) in [6.07, 6.45) is -3.97. The highest BCUT2D eigenvalue weighted by molar-refractivity contribution is 6.14. The van der Waals surface area contributed by atoms with Gasteiger partial charge < -0.3 is 14.8 Å². The van der Waals surface area contributed by atoms with Gasteiger partial charge in [-0.15, -0.1) is 0 Å². The van der Waals surface area contributed by atoms with E-state index in [0.29, 0.717) is 34.8 Å². The minimum absolute atomic E-state index is 0.0896. The third kappa shape index (κ3) is 4.73.